The average molecular weight is 283 g/mol. The third-order valence-corrected chi connectivity index (χ3v) is 4.57. The summed E-state index contributed by atoms with van der Waals surface area (Å²) in [5.74, 6) is 0.705. The number of primary amides is 1. The van der Waals surface area contributed by atoms with E-state index in [1.807, 2.05) is 6.92 Å². The van der Waals surface area contributed by atoms with Gasteiger partial charge in [0.05, 0.1) is 5.54 Å². The van der Waals surface area contributed by atoms with Crippen molar-refractivity contribution in [1.29, 1.82) is 0 Å². The summed E-state index contributed by atoms with van der Waals surface area (Å²) in [5.41, 5.74) is 4.99. The monoisotopic (exact) mass is 283 g/mol. The van der Waals surface area contributed by atoms with Gasteiger partial charge in [0, 0.05) is 6.54 Å². The van der Waals surface area contributed by atoms with Crippen LogP contribution in [0.4, 0.5) is 0 Å². The predicted octanol–water partition coefficient (Wildman–Crippen LogP) is 2.13. The minimum absolute atomic E-state index is 0.228. The van der Waals surface area contributed by atoms with Crippen LogP contribution in [-0.2, 0) is 4.79 Å². The fourth-order valence-corrected chi connectivity index (χ4v) is 2.77. The molecular formula is C16H33N3O. The van der Waals surface area contributed by atoms with E-state index in [0.717, 1.165) is 44.7 Å². The lowest BCUT2D eigenvalue weighted by Gasteiger charge is -2.31. The lowest BCUT2D eigenvalue weighted by molar-refractivity contribution is -0.124. The van der Waals surface area contributed by atoms with Crippen LogP contribution in [0.5, 0.6) is 0 Å². The molecule has 4 heteroatoms. The zero-order valence-corrected chi connectivity index (χ0v) is 13.6. The van der Waals surface area contributed by atoms with E-state index in [9.17, 15) is 4.79 Å². The van der Waals surface area contributed by atoms with Gasteiger partial charge in [-0.05, 0) is 71.5 Å². The molecule has 1 aliphatic rings. The Hall–Kier alpha value is -0.610. The summed E-state index contributed by atoms with van der Waals surface area (Å²) in [7, 11) is 2.21. The standard InChI is InChI=1S/C16H33N3O/c1-4-11-18-16(2,15(17)20)10-5-6-12-19(3)13-14-8-7-9-14/h14,18H,4-13H2,1-3H3,(H2,17,20). The van der Waals surface area contributed by atoms with Crippen molar-refractivity contribution in [2.24, 2.45) is 11.7 Å². The molecule has 0 saturated heterocycles. The number of hydrogen-bond donors (Lipinski definition) is 2. The Bertz CT molecular complexity index is 291. The molecule has 1 rings (SSSR count). The maximum atomic E-state index is 11.6. The van der Waals surface area contributed by atoms with Gasteiger partial charge in [-0.3, -0.25) is 4.79 Å². The molecule has 1 aliphatic carbocycles. The first kappa shape index (κ1) is 17.4. The Morgan fingerprint density at radius 2 is 2.10 bits per heavy atom. The summed E-state index contributed by atoms with van der Waals surface area (Å²) in [5, 5.41) is 3.30. The Balaban J connectivity index is 2.17. The van der Waals surface area contributed by atoms with Gasteiger partial charge in [0.15, 0.2) is 0 Å². The van der Waals surface area contributed by atoms with E-state index in [1.165, 1.54) is 25.8 Å². The van der Waals surface area contributed by atoms with Gasteiger partial charge in [-0.25, -0.2) is 0 Å². The SMILES string of the molecule is CCCNC(C)(CCCCN(C)CC1CCC1)C(N)=O. The molecule has 3 N–H and O–H groups in total. The van der Waals surface area contributed by atoms with Gasteiger partial charge in [0.25, 0.3) is 0 Å². The second kappa shape index (κ2) is 8.63. The zero-order valence-electron chi connectivity index (χ0n) is 13.6. The van der Waals surface area contributed by atoms with Crippen LogP contribution in [0.25, 0.3) is 0 Å². The van der Waals surface area contributed by atoms with Gasteiger partial charge in [-0.15, -0.1) is 0 Å². The lowest BCUT2D eigenvalue weighted by Crippen LogP contribution is -2.53. The molecule has 0 radical (unpaired) electrons. The number of unbranched alkanes of at least 4 members (excludes halogenated alkanes) is 1. The van der Waals surface area contributed by atoms with Crippen molar-refractivity contribution in [2.75, 3.05) is 26.7 Å². The molecule has 0 bridgehead atoms. The number of carbonyl (C=O) groups is 1. The van der Waals surface area contributed by atoms with Crippen LogP contribution in [0.1, 0.15) is 58.8 Å². The molecule has 0 aromatic rings. The number of hydrogen-bond acceptors (Lipinski definition) is 3. The van der Waals surface area contributed by atoms with Crippen molar-refractivity contribution >= 4 is 5.91 Å². The molecule has 4 nitrogen and oxygen atoms in total. The fourth-order valence-electron chi connectivity index (χ4n) is 2.77. The third kappa shape index (κ3) is 5.80. The van der Waals surface area contributed by atoms with Gasteiger partial charge in [0.2, 0.25) is 5.91 Å². The van der Waals surface area contributed by atoms with E-state index in [4.69, 9.17) is 5.73 Å². The van der Waals surface area contributed by atoms with Crippen LogP contribution in [0.15, 0.2) is 0 Å². The molecule has 0 aromatic heterocycles. The Morgan fingerprint density at radius 1 is 1.40 bits per heavy atom. The van der Waals surface area contributed by atoms with Crippen molar-refractivity contribution in [3.63, 3.8) is 0 Å². The summed E-state index contributed by atoms with van der Waals surface area (Å²) in [6.45, 7) is 7.24. The van der Waals surface area contributed by atoms with Gasteiger partial charge >= 0.3 is 0 Å². The van der Waals surface area contributed by atoms with Crippen LogP contribution in [0, 0.1) is 5.92 Å². The van der Waals surface area contributed by atoms with E-state index in [1.54, 1.807) is 0 Å². The quantitative estimate of drug-likeness (QED) is 0.571. The average Bonchev–Trinajstić information content (AvgIpc) is 2.36. The topological polar surface area (TPSA) is 58.4 Å². The van der Waals surface area contributed by atoms with E-state index >= 15 is 0 Å². The van der Waals surface area contributed by atoms with Crippen molar-refractivity contribution in [3.05, 3.63) is 0 Å². The normalized spacial score (nSPS) is 18.8. The van der Waals surface area contributed by atoms with Crippen LogP contribution >= 0.6 is 0 Å². The van der Waals surface area contributed by atoms with Crippen LogP contribution < -0.4 is 11.1 Å². The summed E-state index contributed by atoms with van der Waals surface area (Å²) in [6, 6.07) is 0. The Morgan fingerprint density at radius 3 is 2.60 bits per heavy atom. The van der Waals surface area contributed by atoms with E-state index in [2.05, 4.69) is 24.2 Å². The molecule has 0 aliphatic heterocycles. The minimum Gasteiger partial charge on any atom is -0.368 e. The smallest absolute Gasteiger partial charge is 0.237 e. The van der Waals surface area contributed by atoms with Crippen molar-refractivity contribution in [3.8, 4) is 0 Å². The minimum atomic E-state index is -0.539. The molecule has 1 unspecified atom stereocenters. The number of rotatable bonds is 11. The van der Waals surface area contributed by atoms with Crippen LogP contribution in [0.2, 0.25) is 0 Å². The largest absolute Gasteiger partial charge is 0.368 e. The second-order valence-electron chi connectivity index (χ2n) is 6.64. The molecule has 1 atom stereocenters. The highest BCUT2D eigenvalue weighted by atomic mass is 16.1. The van der Waals surface area contributed by atoms with Crippen molar-refractivity contribution in [2.45, 2.75) is 64.3 Å². The molecule has 20 heavy (non-hydrogen) atoms. The lowest BCUT2D eigenvalue weighted by atomic mass is 9.85. The second-order valence-corrected chi connectivity index (χ2v) is 6.64. The fraction of sp³-hybridized carbons (Fsp3) is 0.938. The first-order valence-corrected chi connectivity index (χ1v) is 8.21. The summed E-state index contributed by atoms with van der Waals surface area (Å²) >= 11 is 0. The molecule has 0 aromatic carbocycles. The first-order valence-electron chi connectivity index (χ1n) is 8.21. The molecule has 0 heterocycles. The van der Waals surface area contributed by atoms with E-state index < -0.39 is 5.54 Å². The molecular weight excluding hydrogens is 250 g/mol. The Kier molecular flexibility index (Phi) is 7.52. The predicted molar refractivity (Wildman–Crippen MR) is 84.6 cm³/mol. The van der Waals surface area contributed by atoms with Crippen molar-refractivity contribution in [1.82, 2.24) is 10.2 Å². The highest BCUT2D eigenvalue weighted by Crippen LogP contribution is 2.26. The summed E-state index contributed by atoms with van der Waals surface area (Å²) < 4.78 is 0. The summed E-state index contributed by atoms with van der Waals surface area (Å²) in [4.78, 5) is 14.0. The van der Waals surface area contributed by atoms with Gasteiger partial charge in [-0.1, -0.05) is 13.3 Å². The summed E-state index contributed by atoms with van der Waals surface area (Å²) in [6.07, 6.45) is 8.27. The van der Waals surface area contributed by atoms with E-state index in [0.29, 0.717) is 0 Å². The molecule has 118 valence electrons. The molecule has 1 saturated carbocycles. The molecule has 0 spiro atoms. The highest BCUT2D eigenvalue weighted by Gasteiger charge is 2.29. The van der Waals surface area contributed by atoms with Gasteiger partial charge in [0.1, 0.15) is 0 Å². The number of nitrogens with zero attached hydrogens (tertiary/aromatic N) is 1. The Labute approximate surface area is 124 Å². The van der Waals surface area contributed by atoms with E-state index in [-0.39, 0.29) is 5.91 Å². The highest BCUT2D eigenvalue weighted by molar-refractivity contribution is 5.84. The number of nitrogens with one attached hydrogen (secondary N) is 1. The van der Waals surface area contributed by atoms with Gasteiger partial charge < -0.3 is 16.0 Å². The van der Waals surface area contributed by atoms with Gasteiger partial charge in [-0.2, -0.15) is 0 Å². The first-order chi connectivity index (χ1) is 9.48. The third-order valence-electron chi connectivity index (χ3n) is 4.57. The number of nitrogens with two attached hydrogens (primary N) is 1. The maximum Gasteiger partial charge on any atom is 0.237 e. The zero-order chi connectivity index (χ0) is 15.0. The maximum absolute atomic E-state index is 11.6. The number of carbonyl (C=O) groups excluding carboxylic acids is 1. The van der Waals surface area contributed by atoms with Crippen molar-refractivity contribution < 1.29 is 4.79 Å². The number of amides is 1. The van der Waals surface area contributed by atoms with Crippen LogP contribution in [-0.4, -0.2) is 43.0 Å². The molecule has 1 fully saturated rings. The molecule has 1 amide bonds. The van der Waals surface area contributed by atoms with Crippen LogP contribution in [0.3, 0.4) is 0 Å².